The zero-order valence-electron chi connectivity index (χ0n) is 22.9. The maximum absolute atomic E-state index is 13.4. The Hall–Kier alpha value is -2.98. The summed E-state index contributed by atoms with van der Waals surface area (Å²) in [5.41, 5.74) is 8.93. The van der Waals surface area contributed by atoms with Gasteiger partial charge in [0, 0.05) is 50.3 Å². The van der Waals surface area contributed by atoms with E-state index in [9.17, 15) is 14.0 Å². The van der Waals surface area contributed by atoms with Crippen molar-refractivity contribution in [3.05, 3.63) is 40.8 Å². The molecule has 1 aromatic rings. The lowest BCUT2D eigenvalue weighted by atomic mass is 9.90. The number of likely N-dealkylation sites (tertiary alicyclic amines) is 2. The smallest absolute Gasteiger partial charge is 0.270 e. The monoisotopic (exact) mass is 544 g/mol. The minimum absolute atomic E-state index is 0.00720. The molecule has 10 heteroatoms. The number of hydrogen-bond acceptors (Lipinski definition) is 7. The number of aliphatic hydroxyl groups is 1. The number of nitrogens with two attached hydrogens (primary N) is 1. The molecule has 0 bridgehead atoms. The first-order valence-corrected chi connectivity index (χ1v) is 14.1. The van der Waals surface area contributed by atoms with E-state index in [1.165, 1.54) is 12.1 Å². The largest absolute Gasteiger partial charge is 0.490 e. The number of amides is 2. The van der Waals surface area contributed by atoms with Crippen LogP contribution in [0.3, 0.4) is 0 Å². The first-order valence-electron chi connectivity index (χ1n) is 14.1. The van der Waals surface area contributed by atoms with Crippen molar-refractivity contribution in [3.8, 4) is 5.75 Å². The summed E-state index contributed by atoms with van der Waals surface area (Å²) in [4.78, 5) is 34.3. The van der Waals surface area contributed by atoms with Crippen molar-refractivity contribution in [2.24, 2.45) is 10.7 Å². The van der Waals surface area contributed by atoms with Gasteiger partial charge in [-0.05, 0) is 69.2 Å². The van der Waals surface area contributed by atoms with E-state index in [0.717, 1.165) is 42.5 Å². The Morgan fingerprint density at radius 3 is 2.41 bits per heavy atom. The number of nitrogens with zero attached hydrogens (tertiary/aromatic N) is 3. The van der Waals surface area contributed by atoms with Crippen LogP contribution in [0.4, 0.5) is 4.39 Å². The highest BCUT2D eigenvalue weighted by atomic mass is 19.1. The molecule has 1 aliphatic carbocycles. The minimum Gasteiger partial charge on any atom is -0.490 e. The quantitative estimate of drug-likeness (QED) is 0.486. The maximum Gasteiger partial charge on any atom is 0.270 e. The lowest BCUT2D eigenvalue weighted by molar-refractivity contribution is -0.131. The number of rotatable bonds is 8. The van der Waals surface area contributed by atoms with E-state index < -0.39 is 0 Å². The number of carbonyl (C=O) groups excluding carboxylic acids is 2. The van der Waals surface area contributed by atoms with Gasteiger partial charge in [-0.2, -0.15) is 0 Å². The summed E-state index contributed by atoms with van der Waals surface area (Å²) in [5.74, 6) is 0.174. The van der Waals surface area contributed by atoms with Crippen LogP contribution in [0.15, 0.2) is 34.5 Å². The highest BCUT2D eigenvalue weighted by Gasteiger charge is 2.28. The van der Waals surface area contributed by atoms with Gasteiger partial charge in [-0.25, -0.2) is 4.39 Å². The molecule has 0 radical (unpaired) electrons. The number of aliphatic imine (C=N–C) groups is 1. The summed E-state index contributed by atoms with van der Waals surface area (Å²) in [6.07, 6.45) is 6.16. The molecular formula is C29H41FN4O5. The Balaban J connectivity index is 1.30. The highest BCUT2D eigenvalue weighted by Crippen LogP contribution is 2.26. The number of ether oxygens (including phenoxy) is 2. The lowest BCUT2D eigenvalue weighted by Gasteiger charge is -2.33. The fourth-order valence-corrected chi connectivity index (χ4v) is 5.51. The number of halogens is 1. The van der Waals surface area contributed by atoms with E-state index in [4.69, 9.17) is 20.3 Å². The minimum atomic E-state index is -0.283. The third-order valence-corrected chi connectivity index (χ3v) is 7.80. The molecule has 4 rings (SSSR count). The Kier molecular flexibility index (Phi) is 10.3. The fraction of sp³-hybridized carbons (Fsp3) is 0.621. The van der Waals surface area contributed by atoms with Crippen LogP contribution in [-0.4, -0.2) is 90.6 Å². The van der Waals surface area contributed by atoms with Crippen molar-refractivity contribution >= 4 is 17.5 Å². The van der Waals surface area contributed by atoms with Crippen LogP contribution in [0.25, 0.3) is 0 Å². The molecule has 0 spiro atoms. The van der Waals surface area contributed by atoms with Crippen molar-refractivity contribution in [1.29, 1.82) is 0 Å². The van der Waals surface area contributed by atoms with E-state index in [-0.39, 0.29) is 48.7 Å². The van der Waals surface area contributed by atoms with Crippen LogP contribution in [0.1, 0.15) is 56.9 Å². The number of hydrogen-bond donors (Lipinski definition) is 2. The second-order valence-electron chi connectivity index (χ2n) is 10.6. The predicted octanol–water partition coefficient (Wildman–Crippen LogP) is 2.73. The van der Waals surface area contributed by atoms with Crippen LogP contribution in [-0.2, 0) is 14.3 Å². The fourth-order valence-electron chi connectivity index (χ4n) is 5.51. The number of allylic oxidation sites excluding steroid dienone is 1. The van der Waals surface area contributed by atoms with Crippen molar-refractivity contribution in [3.63, 3.8) is 0 Å². The highest BCUT2D eigenvalue weighted by molar-refractivity contribution is 6.08. The molecule has 2 saturated heterocycles. The SMILES string of the molecule is Cc1cc(F)ccc1OC1CCN(C(=O)CN=C2CCCCC2=C(N)C(=O)N2CCC(OCCO)CC2)CC1. The molecule has 3 fully saturated rings. The molecule has 0 unspecified atom stereocenters. The van der Waals surface area contributed by atoms with Gasteiger partial charge in [-0.3, -0.25) is 14.6 Å². The lowest BCUT2D eigenvalue weighted by Crippen LogP contribution is -2.43. The molecule has 3 N–H and O–H groups in total. The standard InChI is InChI=1S/C29H41FN4O5/c1-20-18-21(30)6-7-26(20)39-23-10-12-33(13-11-23)27(36)19-32-25-5-3-2-4-24(25)28(31)29(37)34-14-8-22(9-15-34)38-17-16-35/h6-7,18,22-23,35H,2-5,8-17,19,31H2,1H3. The topological polar surface area (TPSA) is 118 Å². The Morgan fingerprint density at radius 2 is 1.72 bits per heavy atom. The first-order chi connectivity index (χ1) is 18.9. The summed E-state index contributed by atoms with van der Waals surface area (Å²) >= 11 is 0. The zero-order chi connectivity index (χ0) is 27.8. The van der Waals surface area contributed by atoms with Gasteiger partial charge < -0.3 is 30.1 Å². The van der Waals surface area contributed by atoms with Crippen LogP contribution in [0, 0.1) is 12.7 Å². The molecule has 2 amide bonds. The Bertz CT molecular complexity index is 1080. The van der Waals surface area contributed by atoms with E-state index in [1.807, 2.05) is 11.8 Å². The molecule has 1 saturated carbocycles. The van der Waals surface area contributed by atoms with Crippen molar-refractivity contribution in [2.75, 3.05) is 45.9 Å². The van der Waals surface area contributed by atoms with Crippen LogP contribution in [0.5, 0.6) is 5.75 Å². The summed E-state index contributed by atoms with van der Waals surface area (Å²) in [6, 6.07) is 4.51. The van der Waals surface area contributed by atoms with Gasteiger partial charge >= 0.3 is 0 Å². The van der Waals surface area contributed by atoms with E-state index >= 15 is 0 Å². The Morgan fingerprint density at radius 1 is 1.05 bits per heavy atom. The number of aliphatic hydroxyl groups excluding tert-OH is 1. The number of piperidine rings is 2. The molecule has 2 aliphatic heterocycles. The molecule has 214 valence electrons. The number of benzene rings is 1. The predicted molar refractivity (Wildman–Crippen MR) is 146 cm³/mol. The summed E-state index contributed by atoms with van der Waals surface area (Å²) in [5, 5.41) is 8.94. The molecular weight excluding hydrogens is 503 g/mol. The first kappa shape index (κ1) is 29.0. The maximum atomic E-state index is 13.4. The summed E-state index contributed by atoms with van der Waals surface area (Å²) in [7, 11) is 0. The third-order valence-electron chi connectivity index (χ3n) is 7.80. The van der Waals surface area contributed by atoms with E-state index in [1.54, 1.807) is 11.0 Å². The molecule has 9 nitrogen and oxygen atoms in total. The number of carbonyl (C=O) groups is 2. The van der Waals surface area contributed by atoms with E-state index in [2.05, 4.69) is 4.99 Å². The number of aryl methyl sites for hydroxylation is 1. The van der Waals surface area contributed by atoms with Crippen LogP contribution in [0.2, 0.25) is 0 Å². The normalized spacial score (nSPS) is 21.8. The summed E-state index contributed by atoms with van der Waals surface area (Å²) < 4.78 is 25.0. The second-order valence-corrected chi connectivity index (χ2v) is 10.6. The van der Waals surface area contributed by atoms with Gasteiger partial charge in [-0.1, -0.05) is 0 Å². The van der Waals surface area contributed by atoms with E-state index in [0.29, 0.717) is 64.2 Å². The van der Waals surface area contributed by atoms with Crippen LogP contribution >= 0.6 is 0 Å². The van der Waals surface area contributed by atoms with Crippen molar-refractivity contribution in [1.82, 2.24) is 9.80 Å². The van der Waals surface area contributed by atoms with Gasteiger partial charge in [-0.15, -0.1) is 0 Å². The molecule has 1 aromatic carbocycles. The molecule has 0 aromatic heterocycles. The van der Waals surface area contributed by atoms with Gasteiger partial charge in [0.15, 0.2) is 0 Å². The Labute approximate surface area is 229 Å². The zero-order valence-corrected chi connectivity index (χ0v) is 22.9. The summed E-state index contributed by atoms with van der Waals surface area (Å²) in [6.45, 7) is 4.45. The third kappa shape index (κ3) is 7.79. The van der Waals surface area contributed by atoms with Gasteiger partial charge in [0.05, 0.1) is 19.3 Å². The molecule has 39 heavy (non-hydrogen) atoms. The molecule has 2 heterocycles. The van der Waals surface area contributed by atoms with Crippen molar-refractivity contribution in [2.45, 2.75) is 70.5 Å². The van der Waals surface area contributed by atoms with Crippen molar-refractivity contribution < 1.29 is 28.6 Å². The second kappa shape index (κ2) is 13.9. The molecule has 3 aliphatic rings. The van der Waals surface area contributed by atoms with Gasteiger partial charge in [0.2, 0.25) is 5.91 Å². The average molecular weight is 545 g/mol. The van der Waals surface area contributed by atoms with Gasteiger partial charge in [0.25, 0.3) is 5.91 Å². The average Bonchev–Trinajstić information content (AvgIpc) is 2.96. The van der Waals surface area contributed by atoms with Gasteiger partial charge in [0.1, 0.15) is 29.9 Å². The van der Waals surface area contributed by atoms with Crippen LogP contribution < -0.4 is 10.5 Å². The molecule has 0 atom stereocenters.